The molecule has 0 aliphatic heterocycles. The number of hydrogen-bond acceptors (Lipinski definition) is 5. The molecule has 2 rings (SSSR count). The molecular formula is C24H25F4NO5Y2-2. The van der Waals surface area contributed by atoms with E-state index in [9.17, 15) is 36.7 Å². The van der Waals surface area contributed by atoms with Crippen molar-refractivity contribution in [2.24, 2.45) is 0 Å². The summed E-state index contributed by atoms with van der Waals surface area (Å²) >= 11 is 0. The third-order valence-corrected chi connectivity index (χ3v) is 3.37. The molecule has 1 N–H and O–H groups in total. The zero-order valence-corrected chi connectivity index (χ0v) is 25.1. The fraction of sp³-hybridized carbons (Fsp3) is 0.292. The second kappa shape index (κ2) is 31.5. The number of halogens is 4. The van der Waals surface area contributed by atoms with Crippen molar-refractivity contribution in [2.45, 2.75) is 25.9 Å². The molecule has 2 aromatic rings. The van der Waals surface area contributed by atoms with E-state index in [0.717, 1.165) is 11.1 Å². The molecule has 0 saturated heterocycles. The topological polar surface area (TPSA) is 97.4 Å². The van der Waals surface area contributed by atoms with E-state index in [-0.39, 0.29) is 103 Å². The van der Waals surface area contributed by atoms with Gasteiger partial charge in [0.15, 0.2) is 0 Å². The maximum Gasteiger partial charge on any atom is 0.284 e. The van der Waals surface area contributed by atoms with Crippen LogP contribution in [0.5, 0.6) is 0 Å². The first kappa shape index (κ1) is 41.6. The Hall–Kier alpha value is -1.48. The van der Waals surface area contributed by atoms with Gasteiger partial charge in [0, 0.05) is 78.4 Å². The number of aldehydes is 2. The Morgan fingerprint density at radius 3 is 1.53 bits per heavy atom. The van der Waals surface area contributed by atoms with Gasteiger partial charge in [-0.15, -0.1) is 12.8 Å². The van der Waals surface area contributed by atoms with E-state index in [0.29, 0.717) is 11.8 Å². The normalized spacial score (nSPS) is 8.33. The quantitative estimate of drug-likeness (QED) is 0.184. The summed E-state index contributed by atoms with van der Waals surface area (Å²) in [5.74, 6) is -1.06. The summed E-state index contributed by atoms with van der Waals surface area (Å²) < 4.78 is 46.1. The molecule has 0 spiro atoms. The smallest absolute Gasteiger partial charge is 0.284 e. The minimum atomic E-state index is -0.775. The molecule has 0 fully saturated rings. The molecule has 0 bridgehead atoms. The van der Waals surface area contributed by atoms with Crippen molar-refractivity contribution < 1.29 is 107 Å². The van der Waals surface area contributed by atoms with E-state index < -0.39 is 25.9 Å². The van der Waals surface area contributed by atoms with Gasteiger partial charge in [-0.1, -0.05) is 47.5 Å². The number of hydrogen-bond donors (Lipinski definition) is 1. The average Bonchev–Trinajstić information content (AvgIpc) is 2.86. The Kier molecular flexibility index (Phi) is 36.5. The molecule has 0 aliphatic carbocycles. The second-order valence-electron chi connectivity index (χ2n) is 5.96. The summed E-state index contributed by atoms with van der Waals surface area (Å²) in [5, 5.41) is 2.00. The van der Waals surface area contributed by atoms with Crippen molar-refractivity contribution in [1.29, 1.82) is 0 Å². The number of amides is 1. The molecule has 36 heavy (non-hydrogen) atoms. The van der Waals surface area contributed by atoms with Gasteiger partial charge in [0.2, 0.25) is 6.29 Å². The fourth-order valence-corrected chi connectivity index (χ4v) is 1.77. The van der Waals surface area contributed by atoms with Crippen molar-refractivity contribution >= 4 is 31.1 Å². The fourth-order valence-electron chi connectivity index (χ4n) is 1.77. The van der Waals surface area contributed by atoms with Crippen LogP contribution in [0.1, 0.15) is 23.1 Å². The monoisotopic (exact) mass is 657 g/mol. The van der Waals surface area contributed by atoms with E-state index in [1.165, 1.54) is 12.1 Å². The van der Waals surface area contributed by atoms with Crippen LogP contribution in [-0.4, -0.2) is 50.9 Å². The van der Waals surface area contributed by atoms with Crippen molar-refractivity contribution in [3.63, 3.8) is 0 Å². The van der Waals surface area contributed by atoms with Crippen LogP contribution in [-0.2, 0) is 109 Å². The standard InChI is InChI=1S/C9H8FO.C8H6FO.C4H6FNO2.C3H5FO.2Y/c10-7-9-3-1-8(2-4-9)5-6-11;9-8-3-1-7(2-4-8)5-6-10;5-1-2-6-4(8)3-7;4-2-1-3-5;;/h1-4H,5,7H2;1-4H,5H2;3H,1-2H2,(H,6,8);3H,1-2H2;;/q2*-1;;;;/i10-1;9-1;5-1;4-1;;. The molecule has 12 heteroatoms. The van der Waals surface area contributed by atoms with Gasteiger partial charge in [-0.05, 0) is 17.7 Å². The number of nitrogens with one attached hydrogen (secondary N) is 1. The van der Waals surface area contributed by atoms with Gasteiger partial charge >= 0.3 is 0 Å². The molecule has 1 amide bonds. The molecule has 6 nitrogen and oxygen atoms in total. The predicted molar refractivity (Wildman–Crippen MR) is 118 cm³/mol. The number of carbonyl (C=O) groups is 3. The van der Waals surface area contributed by atoms with E-state index in [1.807, 2.05) is 5.32 Å². The summed E-state index contributed by atoms with van der Waals surface area (Å²) in [4.78, 5) is 48.3. The first-order valence-corrected chi connectivity index (χ1v) is 9.79. The van der Waals surface area contributed by atoms with Crippen LogP contribution in [0.25, 0.3) is 0 Å². The largest absolute Gasteiger partial charge is 0.541 e. The number of alkyl halides is 3. The van der Waals surface area contributed by atoms with Crippen LogP contribution in [0.4, 0.5) is 17.6 Å². The van der Waals surface area contributed by atoms with Crippen LogP contribution in [0.2, 0.25) is 0 Å². The molecule has 0 aromatic heterocycles. The van der Waals surface area contributed by atoms with Gasteiger partial charge in [0.1, 0.15) is 25.5 Å². The molecule has 2 radical (unpaired) electrons. The third-order valence-electron chi connectivity index (χ3n) is 3.37. The van der Waals surface area contributed by atoms with Crippen LogP contribution >= 0.6 is 0 Å². The van der Waals surface area contributed by atoms with E-state index in [2.05, 4.69) is 0 Å². The Labute approximate surface area is 258 Å². The molecule has 2 aromatic carbocycles. The average molecular weight is 657 g/mol. The van der Waals surface area contributed by atoms with Crippen LogP contribution in [0.15, 0.2) is 48.5 Å². The van der Waals surface area contributed by atoms with Crippen LogP contribution in [0, 0.1) is 5.82 Å². The van der Waals surface area contributed by atoms with E-state index in [4.69, 9.17) is 4.79 Å². The minimum Gasteiger partial charge on any atom is -0.541 e. The molecule has 0 unspecified atom stereocenters. The van der Waals surface area contributed by atoms with Crippen LogP contribution < -0.4 is 5.32 Å². The molecular weight excluding hydrogens is 632 g/mol. The van der Waals surface area contributed by atoms with Gasteiger partial charge in [0.25, 0.3) is 5.91 Å². The summed E-state index contributed by atoms with van der Waals surface area (Å²) in [6.07, 6.45) is 4.73. The SMILES string of the molecule is O=CC(=O)NCC[18F].O=CCC[18F].O=[C-]Cc1ccc(C[18F])cc1.O=[C-]Cc1ccc([18F])cc1.[Y].[Y]. The summed E-state index contributed by atoms with van der Waals surface area (Å²) in [6.45, 7) is -1.70. The first-order chi connectivity index (χ1) is 16.4. The zero-order chi connectivity index (χ0) is 26.0. The number of carbonyl (C=O) groups excluding carboxylic acids is 5. The third kappa shape index (κ3) is 27.1. The van der Waals surface area contributed by atoms with E-state index >= 15 is 0 Å². The first-order valence-electron chi connectivity index (χ1n) is 9.79. The Morgan fingerprint density at radius 2 is 1.22 bits per heavy atom. The van der Waals surface area contributed by atoms with Gasteiger partial charge in [-0.2, -0.15) is 0 Å². The van der Waals surface area contributed by atoms with Crippen molar-refractivity contribution in [1.82, 2.24) is 5.32 Å². The Morgan fingerprint density at radius 1 is 0.778 bits per heavy atom. The molecule has 0 atom stereocenters. The molecule has 192 valence electrons. The summed E-state index contributed by atoms with van der Waals surface area (Å²) in [5.41, 5.74) is 2.30. The maximum atomic E-state index is 12.2. The van der Waals surface area contributed by atoms with E-state index in [1.54, 1.807) is 49.0 Å². The maximum absolute atomic E-state index is 12.2. The van der Waals surface area contributed by atoms with Gasteiger partial charge in [0.05, 0.1) is 6.67 Å². The molecule has 0 saturated carbocycles. The Bertz CT molecular complexity index is 826. The van der Waals surface area contributed by atoms with Crippen molar-refractivity contribution in [2.75, 3.05) is 19.9 Å². The van der Waals surface area contributed by atoms with Gasteiger partial charge < -0.3 is 19.7 Å². The zero-order valence-electron chi connectivity index (χ0n) is 19.4. The molecule has 0 heterocycles. The number of benzene rings is 2. The molecule has 0 aliphatic rings. The van der Waals surface area contributed by atoms with Crippen LogP contribution in [0.3, 0.4) is 0 Å². The van der Waals surface area contributed by atoms with Crippen molar-refractivity contribution in [3.8, 4) is 0 Å². The summed E-state index contributed by atoms with van der Waals surface area (Å²) in [7, 11) is 0. The number of rotatable bonds is 10. The predicted octanol–water partition coefficient (Wildman–Crippen LogP) is 3.10. The van der Waals surface area contributed by atoms with Crippen molar-refractivity contribution in [3.05, 3.63) is 71.0 Å². The van der Waals surface area contributed by atoms with Gasteiger partial charge in [-0.25, -0.2) is 13.2 Å². The van der Waals surface area contributed by atoms with Gasteiger partial charge in [-0.3, -0.25) is 26.6 Å². The minimum absolute atomic E-state index is 0. The Balaban J connectivity index is -0.000000193. The summed E-state index contributed by atoms with van der Waals surface area (Å²) in [6, 6.07) is 12.6. The second-order valence-corrected chi connectivity index (χ2v) is 5.96.